The van der Waals surface area contributed by atoms with Crippen molar-refractivity contribution < 1.29 is 4.74 Å². The van der Waals surface area contributed by atoms with E-state index < -0.39 is 0 Å². The van der Waals surface area contributed by atoms with E-state index in [1.165, 1.54) is 12.8 Å². The smallest absolute Gasteiger partial charge is 0.227 e. The molecule has 1 aliphatic carbocycles. The molecular formula is C25H28ClN7O. The van der Waals surface area contributed by atoms with Crippen LogP contribution in [-0.2, 0) is 4.74 Å². The quantitative estimate of drug-likeness (QED) is 0.574. The third kappa shape index (κ3) is 4.02. The van der Waals surface area contributed by atoms with E-state index in [-0.39, 0.29) is 12.0 Å². The summed E-state index contributed by atoms with van der Waals surface area (Å²) in [5, 5.41) is 19.0. The van der Waals surface area contributed by atoms with Crippen LogP contribution in [0.5, 0.6) is 0 Å². The summed E-state index contributed by atoms with van der Waals surface area (Å²) >= 11 is 6.72. The van der Waals surface area contributed by atoms with Gasteiger partial charge in [0.15, 0.2) is 0 Å². The molecule has 2 atom stereocenters. The van der Waals surface area contributed by atoms with Gasteiger partial charge in [0.1, 0.15) is 0 Å². The van der Waals surface area contributed by atoms with Crippen LogP contribution in [0.2, 0.25) is 5.02 Å². The number of benzene rings is 1. The molecule has 0 bridgehead atoms. The first-order valence-corrected chi connectivity index (χ1v) is 12.5. The molecule has 0 unspecified atom stereocenters. The van der Waals surface area contributed by atoms with E-state index >= 15 is 0 Å². The molecule has 3 fully saturated rings. The zero-order chi connectivity index (χ0) is 23.2. The number of nitriles is 1. The second-order valence-corrected chi connectivity index (χ2v) is 10.1. The van der Waals surface area contributed by atoms with E-state index in [4.69, 9.17) is 21.3 Å². The Morgan fingerprint density at radius 2 is 1.97 bits per heavy atom. The van der Waals surface area contributed by atoms with Crippen LogP contribution in [0.3, 0.4) is 0 Å². The van der Waals surface area contributed by atoms with Gasteiger partial charge in [-0.05, 0) is 69.3 Å². The molecule has 3 aliphatic rings. The second-order valence-electron chi connectivity index (χ2n) is 9.72. The number of aromatic nitrogens is 4. The highest BCUT2D eigenvalue weighted by molar-refractivity contribution is 6.32. The summed E-state index contributed by atoms with van der Waals surface area (Å²) in [5.74, 6) is 0.919. The highest BCUT2D eigenvalue weighted by Gasteiger charge is 2.35. The molecule has 4 heterocycles. The fourth-order valence-corrected chi connectivity index (χ4v) is 5.69. The number of ether oxygens (including phenoxy) is 1. The van der Waals surface area contributed by atoms with Crippen molar-refractivity contribution in [3.8, 4) is 6.07 Å². The van der Waals surface area contributed by atoms with Gasteiger partial charge in [0.05, 0.1) is 60.4 Å². The maximum absolute atomic E-state index is 9.40. The lowest BCUT2D eigenvalue weighted by Gasteiger charge is -2.36. The molecule has 1 saturated carbocycles. The van der Waals surface area contributed by atoms with Gasteiger partial charge < -0.3 is 10.1 Å². The van der Waals surface area contributed by atoms with E-state index in [0.29, 0.717) is 31.1 Å². The standard InChI is InChI=1S/C25H28ClN7O/c1-15-23(12-29-33(15)19-2-3-19)31-25-28-11-17-8-21(26)20(9-22(17)30-25)16-4-6-32(7-5-16)24-14-34-13-18(24)10-27/h8-9,11-12,16,18-19,24H,2-7,13-14H2,1H3,(H,28,30,31)/t18-,24-/m0/s1. The minimum atomic E-state index is -0.0246. The van der Waals surface area contributed by atoms with Crippen LogP contribution < -0.4 is 5.32 Å². The SMILES string of the molecule is Cc1c(Nc2ncc3cc(Cl)c(C4CCN([C@H]5COC[C@@H]5C#N)CC4)cc3n2)cnn1C1CC1. The van der Waals surface area contributed by atoms with Gasteiger partial charge in [-0.25, -0.2) is 9.97 Å². The number of anilines is 2. The summed E-state index contributed by atoms with van der Waals surface area (Å²) in [6, 6.07) is 7.27. The van der Waals surface area contributed by atoms with Gasteiger partial charge >= 0.3 is 0 Å². The summed E-state index contributed by atoms with van der Waals surface area (Å²) < 4.78 is 7.65. The van der Waals surface area contributed by atoms with Crippen molar-refractivity contribution in [1.29, 1.82) is 5.26 Å². The van der Waals surface area contributed by atoms with Gasteiger partial charge in [-0.15, -0.1) is 0 Å². The van der Waals surface area contributed by atoms with E-state index in [0.717, 1.165) is 58.8 Å². The van der Waals surface area contributed by atoms with Crippen molar-refractivity contribution in [2.45, 2.75) is 50.6 Å². The van der Waals surface area contributed by atoms with Crippen LogP contribution in [0.4, 0.5) is 11.6 Å². The molecule has 2 aromatic heterocycles. The van der Waals surface area contributed by atoms with Gasteiger partial charge in [-0.3, -0.25) is 9.58 Å². The fourth-order valence-electron chi connectivity index (χ4n) is 5.36. The maximum Gasteiger partial charge on any atom is 0.227 e. The number of nitrogens with zero attached hydrogens (tertiary/aromatic N) is 6. The number of nitrogens with one attached hydrogen (secondary N) is 1. The summed E-state index contributed by atoms with van der Waals surface area (Å²) in [5.41, 5.74) is 4.09. The van der Waals surface area contributed by atoms with Crippen LogP contribution in [0.1, 0.15) is 48.9 Å². The molecule has 2 aliphatic heterocycles. The zero-order valence-corrected chi connectivity index (χ0v) is 20.0. The van der Waals surface area contributed by atoms with E-state index in [9.17, 15) is 5.26 Å². The average Bonchev–Trinajstić information content (AvgIpc) is 3.47. The Balaban J connectivity index is 1.20. The van der Waals surface area contributed by atoms with Crippen LogP contribution in [0.15, 0.2) is 24.5 Å². The van der Waals surface area contributed by atoms with E-state index in [1.807, 2.05) is 18.5 Å². The minimum absolute atomic E-state index is 0.0246. The number of piperidine rings is 1. The largest absolute Gasteiger partial charge is 0.378 e. The molecular weight excluding hydrogens is 450 g/mol. The lowest BCUT2D eigenvalue weighted by molar-refractivity contribution is 0.119. The van der Waals surface area contributed by atoms with Crippen molar-refractivity contribution in [2.24, 2.45) is 5.92 Å². The first-order chi connectivity index (χ1) is 16.6. The second kappa shape index (κ2) is 8.81. The minimum Gasteiger partial charge on any atom is -0.378 e. The van der Waals surface area contributed by atoms with Gasteiger partial charge in [-0.1, -0.05) is 11.6 Å². The predicted molar refractivity (Wildman–Crippen MR) is 130 cm³/mol. The van der Waals surface area contributed by atoms with E-state index in [1.54, 1.807) is 0 Å². The zero-order valence-electron chi connectivity index (χ0n) is 19.2. The molecule has 3 aromatic rings. The lowest BCUT2D eigenvalue weighted by Crippen LogP contribution is -2.44. The molecule has 2 saturated heterocycles. The summed E-state index contributed by atoms with van der Waals surface area (Å²) in [6.45, 7) is 5.19. The molecule has 0 radical (unpaired) electrons. The number of rotatable bonds is 5. The van der Waals surface area contributed by atoms with Crippen molar-refractivity contribution >= 4 is 34.1 Å². The fraction of sp³-hybridized carbons (Fsp3) is 0.520. The highest BCUT2D eigenvalue weighted by Crippen LogP contribution is 2.38. The first-order valence-electron chi connectivity index (χ1n) is 12.1. The van der Waals surface area contributed by atoms with Gasteiger partial charge in [0, 0.05) is 16.6 Å². The number of hydrogen-bond donors (Lipinski definition) is 1. The van der Waals surface area contributed by atoms with Gasteiger partial charge in [0.2, 0.25) is 5.95 Å². The van der Waals surface area contributed by atoms with Gasteiger partial charge in [0.25, 0.3) is 0 Å². The summed E-state index contributed by atoms with van der Waals surface area (Å²) in [4.78, 5) is 11.7. The van der Waals surface area contributed by atoms with E-state index in [2.05, 4.69) is 44.0 Å². The molecule has 1 N–H and O–H groups in total. The molecule has 1 aromatic carbocycles. The number of halogens is 1. The van der Waals surface area contributed by atoms with Crippen LogP contribution in [-0.4, -0.2) is 57.0 Å². The molecule has 0 spiro atoms. The third-order valence-corrected chi connectivity index (χ3v) is 7.86. The Morgan fingerprint density at radius 1 is 1.15 bits per heavy atom. The monoisotopic (exact) mass is 477 g/mol. The van der Waals surface area contributed by atoms with Crippen molar-refractivity contribution in [3.05, 3.63) is 40.8 Å². The van der Waals surface area contributed by atoms with Crippen molar-refractivity contribution in [1.82, 2.24) is 24.6 Å². The number of likely N-dealkylation sites (tertiary alicyclic amines) is 1. The Bertz CT molecular complexity index is 1260. The molecule has 176 valence electrons. The molecule has 9 heteroatoms. The number of fused-ring (bicyclic) bond motifs is 1. The Labute approximate surface area is 203 Å². The number of hydrogen-bond acceptors (Lipinski definition) is 7. The Hall–Kier alpha value is -2.73. The van der Waals surface area contributed by atoms with Gasteiger partial charge in [-0.2, -0.15) is 10.4 Å². The Morgan fingerprint density at radius 3 is 2.74 bits per heavy atom. The van der Waals surface area contributed by atoms with Crippen LogP contribution in [0.25, 0.3) is 10.9 Å². The molecule has 8 nitrogen and oxygen atoms in total. The molecule has 0 amide bonds. The van der Waals surface area contributed by atoms with Crippen LogP contribution in [0, 0.1) is 24.2 Å². The third-order valence-electron chi connectivity index (χ3n) is 7.54. The summed E-state index contributed by atoms with van der Waals surface area (Å²) in [7, 11) is 0. The highest BCUT2D eigenvalue weighted by atomic mass is 35.5. The van der Waals surface area contributed by atoms with Crippen molar-refractivity contribution in [2.75, 3.05) is 31.6 Å². The molecule has 34 heavy (non-hydrogen) atoms. The van der Waals surface area contributed by atoms with Crippen LogP contribution >= 0.6 is 11.6 Å². The topological polar surface area (TPSA) is 91.9 Å². The molecule has 6 rings (SSSR count). The average molecular weight is 478 g/mol. The Kier molecular flexibility index (Phi) is 5.64. The van der Waals surface area contributed by atoms with Crippen molar-refractivity contribution in [3.63, 3.8) is 0 Å². The maximum atomic E-state index is 9.40. The summed E-state index contributed by atoms with van der Waals surface area (Å²) in [6.07, 6.45) is 8.10. The normalized spacial score (nSPS) is 23.9. The first kappa shape index (κ1) is 21.8. The lowest BCUT2D eigenvalue weighted by atomic mass is 9.87. The predicted octanol–water partition coefficient (Wildman–Crippen LogP) is 4.58.